The molecule has 0 saturated carbocycles. The molecule has 1 N–H and O–H groups in total. The molecule has 0 amide bonds. The lowest BCUT2D eigenvalue weighted by atomic mass is 10.3. The molecule has 0 unspecified atom stereocenters. The largest absolute Gasteiger partial charge is 0.309 e. The van der Waals surface area contributed by atoms with E-state index in [1.165, 1.54) is 0 Å². The first-order valence-corrected chi connectivity index (χ1v) is 4.44. The highest BCUT2D eigenvalue weighted by Crippen LogP contribution is 2.18. The van der Waals surface area contributed by atoms with Crippen molar-refractivity contribution < 1.29 is 0 Å². The second-order valence-electron chi connectivity index (χ2n) is 2.33. The van der Waals surface area contributed by atoms with Crippen LogP contribution in [0.4, 0.5) is 0 Å². The quantitative estimate of drug-likeness (QED) is 0.572. The Kier molecular flexibility index (Phi) is 4.04. The number of nitrogens with one attached hydrogen (secondary N) is 1. The predicted octanol–water partition coefficient (Wildman–Crippen LogP) is 1.96. The van der Waals surface area contributed by atoms with Crippen molar-refractivity contribution in [1.29, 1.82) is 0 Å². The maximum Gasteiger partial charge on any atom is 0.147 e. The van der Waals surface area contributed by atoms with Gasteiger partial charge in [-0.1, -0.05) is 35.0 Å². The maximum absolute atomic E-state index is 5.75. The molecular weight excluding hydrogens is 207 g/mol. The van der Waals surface area contributed by atoms with Crippen molar-refractivity contribution in [2.45, 2.75) is 0 Å². The number of aromatic nitrogens is 1. The second kappa shape index (κ2) is 5.08. The number of nitrogens with zero attached hydrogens (tertiary/aromatic N) is 1. The zero-order valence-corrected chi connectivity index (χ0v) is 8.58. The Morgan fingerprint density at radius 2 is 2.31 bits per heavy atom. The molecule has 0 fully saturated rings. The van der Waals surface area contributed by atoms with Gasteiger partial charge in [0.1, 0.15) is 5.15 Å². The molecule has 13 heavy (non-hydrogen) atoms. The van der Waals surface area contributed by atoms with Crippen LogP contribution in [0.2, 0.25) is 10.2 Å². The van der Waals surface area contributed by atoms with E-state index in [0.717, 1.165) is 5.56 Å². The summed E-state index contributed by atoms with van der Waals surface area (Å²) in [5, 5.41) is 3.65. The highest BCUT2D eigenvalue weighted by Gasteiger charge is 1.97. The summed E-state index contributed by atoms with van der Waals surface area (Å²) in [6, 6.07) is 1.69. The van der Waals surface area contributed by atoms with E-state index in [4.69, 9.17) is 23.2 Å². The van der Waals surface area contributed by atoms with Crippen LogP contribution in [-0.4, -0.2) is 18.6 Å². The van der Waals surface area contributed by atoms with E-state index >= 15 is 0 Å². The first-order valence-electron chi connectivity index (χ1n) is 3.68. The molecule has 0 aliphatic carbocycles. The Labute approximate surface area is 87.3 Å². The average molecular weight is 215 g/mol. The molecule has 0 aliphatic rings. The minimum atomic E-state index is 0.306. The third-order valence-electron chi connectivity index (χ3n) is 1.29. The molecule has 0 bridgehead atoms. The number of rotatable bonds is 1. The van der Waals surface area contributed by atoms with Crippen LogP contribution in [0.15, 0.2) is 12.3 Å². The fourth-order valence-electron chi connectivity index (χ4n) is 0.724. The molecule has 0 radical (unpaired) electrons. The van der Waals surface area contributed by atoms with Gasteiger partial charge in [-0.05, 0) is 13.1 Å². The van der Waals surface area contributed by atoms with Crippen molar-refractivity contribution in [1.82, 2.24) is 10.3 Å². The molecule has 0 saturated heterocycles. The molecule has 0 atom stereocenters. The highest BCUT2D eigenvalue weighted by atomic mass is 35.5. The number of hydrogen-bond acceptors (Lipinski definition) is 2. The molecular formula is C9H8Cl2N2. The van der Waals surface area contributed by atoms with Crippen molar-refractivity contribution in [3.8, 4) is 11.8 Å². The zero-order chi connectivity index (χ0) is 9.68. The van der Waals surface area contributed by atoms with Gasteiger partial charge in [0.15, 0.2) is 0 Å². The van der Waals surface area contributed by atoms with Crippen LogP contribution in [0, 0.1) is 11.8 Å². The SMILES string of the molecule is CNCC#Cc1cnc(Cl)c(Cl)c1. The summed E-state index contributed by atoms with van der Waals surface area (Å²) < 4.78 is 0. The van der Waals surface area contributed by atoms with E-state index in [1.54, 1.807) is 12.3 Å². The molecule has 2 nitrogen and oxygen atoms in total. The van der Waals surface area contributed by atoms with Gasteiger partial charge < -0.3 is 5.32 Å². The van der Waals surface area contributed by atoms with Gasteiger partial charge in [0.05, 0.1) is 11.6 Å². The van der Waals surface area contributed by atoms with Gasteiger partial charge in [-0.15, -0.1) is 0 Å². The normalized spacial score (nSPS) is 9.15. The molecule has 0 aliphatic heterocycles. The summed E-state index contributed by atoms with van der Waals surface area (Å²) in [6.45, 7) is 0.639. The van der Waals surface area contributed by atoms with E-state index in [1.807, 2.05) is 7.05 Å². The van der Waals surface area contributed by atoms with Gasteiger partial charge in [0, 0.05) is 11.8 Å². The topological polar surface area (TPSA) is 24.9 Å². The summed E-state index contributed by atoms with van der Waals surface area (Å²) in [5.41, 5.74) is 0.768. The monoisotopic (exact) mass is 214 g/mol. The lowest BCUT2D eigenvalue weighted by molar-refractivity contribution is 0.938. The first-order chi connectivity index (χ1) is 6.24. The van der Waals surface area contributed by atoms with Gasteiger partial charge in [-0.3, -0.25) is 0 Å². The minimum absolute atomic E-state index is 0.306. The number of hydrogen-bond donors (Lipinski definition) is 1. The summed E-state index contributed by atoms with van der Waals surface area (Å²) in [7, 11) is 1.84. The van der Waals surface area contributed by atoms with Gasteiger partial charge in [-0.2, -0.15) is 0 Å². The molecule has 4 heteroatoms. The average Bonchev–Trinajstić information content (AvgIpc) is 2.12. The lowest BCUT2D eigenvalue weighted by Gasteiger charge is -1.93. The standard InChI is InChI=1S/C9H8Cl2N2/c1-12-4-2-3-7-5-8(10)9(11)13-6-7/h5-6,12H,4H2,1H3. The van der Waals surface area contributed by atoms with E-state index in [-0.39, 0.29) is 0 Å². The van der Waals surface area contributed by atoms with Crippen LogP contribution < -0.4 is 5.32 Å². The number of halogens is 2. The van der Waals surface area contributed by atoms with Crippen molar-refractivity contribution in [3.05, 3.63) is 28.0 Å². The van der Waals surface area contributed by atoms with E-state index in [9.17, 15) is 0 Å². The summed E-state index contributed by atoms with van der Waals surface area (Å²) in [4.78, 5) is 3.87. The Morgan fingerprint density at radius 3 is 2.92 bits per heavy atom. The number of pyridine rings is 1. The first kappa shape index (κ1) is 10.3. The second-order valence-corrected chi connectivity index (χ2v) is 3.09. The van der Waals surface area contributed by atoms with Crippen LogP contribution in [0.5, 0.6) is 0 Å². The molecule has 1 aromatic heterocycles. The van der Waals surface area contributed by atoms with Gasteiger partial charge in [0.2, 0.25) is 0 Å². The van der Waals surface area contributed by atoms with Crippen LogP contribution in [0.1, 0.15) is 5.56 Å². The van der Waals surface area contributed by atoms with Gasteiger partial charge in [0.25, 0.3) is 0 Å². The molecule has 0 spiro atoms. The van der Waals surface area contributed by atoms with Gasteiger partial charge >= 0.3 is 0 Å². The molecule has 1 aromatic rings. The molecule has 68 valence electrons. The zero-order valence-electron chi connectivity index (χ0n) is 7.06. The lowest BCUT2D eigenvalue weighted by Crippen LogP contribution is -2.04. The Hall–Kier alpha value is -0.750. The van der Waals surface area contributed by atoms with Gasteiger partial charge in [-0.25, -0.2) is 4.98 Å². The van der Waals surface area contributed by atoms with E-state index in [2.05, 4.69) is 22.1 Å². The Bertz CT molecular complexity index is 352. The highest BCUT2D eigenvalue weighted by molar-refractivity contribution is 6.41. The van der Waals surface area contributed by atoms with Crippen LogP contribution in [0.25, 0.3) is 0 Å². The smallest absolute Gasteiger partial charge is 0.147 e. The fourth-order valence-corrected chi connectivity index (χ4v) is 0.994. The predicted molar refractivity (Wildman–Crippen MR) is 55.1 cm³/mol. The van der Waals surface area contributed by atoms with Crippen molar-refractivity contribution >= 4 is 23.2 Å². The fraction of sp³-hybridized carbons (Fsp3) is 0.222. The summed E-state index contributed by atoms with van der Waals surface area (Å²) in [5.74, 6) is 5.79. The molecule has 0 aromatic carbocycles. The van der Waals surface area contributed by atoms with E-state index in [0.29, 0.717) is 16.7 Å². The molecule has 1 heterocycles. The summed E-state index contributed by atoms with van der Waals surface area (Å²) in [6.07, 6.45) is 1.59. The summed E-state index contributed by atoms with van der Waals surface area (Å²) >= 11 is 11.4. The van der Waals surface area contributed by atoms with Crippen LogP contribution in [0.3, 0.4) is 0 Å². The third kappa shape index (κ3) is 3.23. The van der Waals surface area contributed by atoms with E-state index < -0.39 is 0 Å². The van der Waals surface area contributed by atoms with Crippen LogP contribution in [-0.2, 0) is 0 Å². The third-order valence-corrected chi connectivity index (χ3v) is 1.98. The van der Waals surface area contributed by atoms with Crippen molar-refractivity contribution in [2.24, 2.45) is 0 Å². The Balaban J connectivity index is 2.81. The minimum Gasteiger partial charge on any atom is -0.309 e. The molecule has 1 rings (SSSR count). The van der Waals surface area contributed by atoms with Crippen molar-refractivity contribution in [3.63, 3.8) is 0 Å². The Morgan fingerprint density at radius 1 is 1.54 bits per heavy atom. The van der Waals surface area contributed by atoms with Crippen molar-refractivity contribution in [2.75, 3.05) is 13.6 Å². The van der Waals surface area contributed by atoms with Crippen LogP contribution >= 0.6 is 23.2 Å². The maximum atomic E-state index is 5.75.